The lowest BCUT2D eigenvalue weighted by atomic mass is 9.95. The van der Waals surface area contributed by atoms with Gasteiger partial charge in [-0.1, -0.05) is 12.0 Å². The van der Waals surface area contributed by atoms with Crippen LogP contribution in [0.4, 0.5) is 19.0 Å². The Bertz CT molecular complexity index is 1990. The second kappa shape index (κ2) is 10.8. The Morgan fingerprint density at radius 3 is 2.63 bits per heavy atom. The topological polar surface area (TPSA) is 86.6 Å². The number of aromatic nitrogens is 3. The average molecular weight is 625 g/mol. The summed E-state index contributed by atoms with van der Waals surface area (Å²) in [5.41, 5.74) is -0.737. The number of anilines is 1. The number of nitrogens with one attached hydrogen (secondary N) is 1. The van der Waals surface area contributed by atoms with Crippen molar-refractivity contribution < 1.29 is 23.0 Å². The first-order chi connectivity index (χ1) is 22.3. The summed E-state index contributed by atoms with van der Waals surface area (Å²) >= 11 is 0. The van der Waals surface area contributed by atoms with Gasteiger partial charge < -0.3 is 20.1 Å². The molecule has 4 aromatic rings. The summed E-state index contributed by atoms with van der Waals surface area (Å²) in [7, 11) is 0. The highest BCUT2D eigenvalue weighted by molar-refractivity contribution is 6.04. The number of hydrogen-bond acceptors (Lipinski definition) is 8. The second-order valence-electron chi connectivity index (χ2n) is 12.8. The maximum absolute atomic E-state index is 17.0. The van der Waals surface area contributed by atoms with Crippen LogP contribution >= 0.6 is 0 Å². The number of phenols is 1. The minimum absolute atomic E-state index is 0.0425. The molecule has 2 N–H and O–H groups in total. The zero-order valence-electron chi connectivity index (χ0n) is 25.0. The molecule has 2 aromatic heterocycles. The van der Waals surface area contributed by atoms with Crippen LogP contribution < -0.4 is 15.0 Å². The number of rotatable bonds is 5. The summed E-state index contributed by atoms with van der Waals surface area (Å²) < 4.78 is 52.7. The third-order valence-electron chi connectivity index (χ3n) is 10.2. The SMILES string of the molecule is C#Cc1c(F)ccc2cc(O)cc(-c3nc(C#C)c4c(N5[C@@H]6CC[C@H]5CNC6)nc(OC[C@@]56CCCN5C[C@H](F)C6)nc4c3F)c12. The Hall–Kier alpha value is -4.58. The van der Waals surface area contributed by atoms with Crippen molar-refractivity contribution >= 4 is 27.5 Å². The molecule has 4 aliphatic rings. The predicted molar refractivity (Wildman–Crippen MR) is 168 cm³/mol. The zero-order valence-corrected chi connectivity index (χ0v) is 25.0. The van der Waals surface area contributed by atoms with Crippen LogP contribution in [-0.2, 0) is 0 Å². The van der Waals surface area contributed by atoms with Crippen LogP contribution in [0.2, 0.25) is 0 Å². The standard InChI is InChI=1S/C35H31F3N6O2/c1-3-24-26(37)9-6-19-12-23(45)13-25(28(19)24)31-30(38)32-29(27(4-2)40-31)33(44-21-7-8-22(44)16-39-15-21)42-34(41-32)46-18-35-10-5-11-43(35)17-20(36)14-35/h1-2,6,9,12-13,20-22,39,45H,5,7-8,10-11,14-18H2/t20-,21-,22+,35+/m1/s1. The van der Waals surface area contributed by atoms with Crippen molar-refractivity contribution in [3.63, 3.8) is 0 Å². The summed E-state index contributed by atoms with van der Waals surface area (Å²) in [4.78, 5) is 18.3. The van der Waals surface area contributed by atoms with Crippen LogP contribution in [0.3, 0.4) is 0 Å². The molecule has 4 atom stereocenters. The number of alkyl halides is 1. The molecule has 4 fully saturated rings. The van der Waals surface area contributed by atoms with Gasteiger partial charge in [0, 0.05) is 49.1 Å². The number of pyridine rings is 1. The Morgan fingerprint density at radius 2 is 1.87 bits per heavy atom. The van der Waals surface area contributed by atoms with Crippen molar-refractivity contribution in [2.45, 2.75) is 55.9 Å². The fourth-order valence-electron chi connectivity index (χ4n) is 8.19. The van der Waals surface area contributed by atoms with Crippen molar-refractivity contribution in [1.29, 1.82) is 0 Å². The lowest BCUT2D eigenvalue weighted by Crippen LogP contribution is -2.52. The van der Waals surface area contributed by atoms with Crippen LogP contribution in [-0.4, -0.2) is 81.5 Å². The van der Waals surface area contributed by atoms with Gasteiger partial charge in [0.1, 0.15) is 47.1 Å². The maximum Gasteiger partial charge on any atom is 0.319 e. The number of phenolic OH excluding ortho intramolecular Hbond substituents is 1. The minimum Gasteiger partial charge on any atom is -0.508 e. The van der Waals surface area contributed by atoms with Gasteiger partial charge in [0.15, 0.2) is 5.82 Å². The molecule has 0 spiro atoms. The fourth-order valence-corrected chi connectivity index (χ4v) is 8.19. The fraction of sp³-hybridized carbons (Fsp3) is 0.400. The Balaban J connectivity index is 1.35. The van der Waals surface area contributed by atoms with E-state index in [1.807, 2.05) is 0 Å². The molecule has 11 heteroatoms. The number of benzene rings is 2. The Kier molecular flexibility index (Phi) is 6.75. The predicted octanol–water partition coefficient (Wildman–Crippen LogP) is 4.69. The van der Waals surface area contributed by atoms with Gasteiger partial charge in [-0.15, -0.1) is 12.8 Å². The molecule has 4 aliphatic heterocycles. The van der Waals surface area contributed by atoms with Gasteiger partial charge in [-0.3, -0.25) is 4.90 Å². The van der Waals surface area contributed by atoms with Crippen LogP contribution in [0.25, 0.3) is 32.9 Å². The summed E-state index contributed by atoms with van der Waals surface area (Å²) in [6.45, 7) is 2.78. The molecule has 0 unspecified atom stereocenters. The van der Waals surface area contributed by atoms with E-state index in [4.69, 9.17) is 22.6 Å². The van der Waals surface area contributed by atoms with E-state index in [-0.39, 0.29) is 69.3 Å². The van der Waals surface area contributed by atoms with Crippen molar-refractivity contribution in [2.75, 3.05) is 37.7 Å². The monoisotopic (exact) mass is 624 g/mol. The van der Waals surface area contributed by atoms with Gasteiger partial charge in [0.25, 0.3) is 0 Å². The molecule has 6 heterocycles. The van der Waals surface area contributed by atoms with E-state index in [0.717, 1.165) is 45.3 Å². The molecule has 0 amide bonds. The number of aromatic hydroxyl groups is 1. The van der Waals surface area contributed by atoms with Gasteiger partial charge in [-0.2, -0.15) is 9.97 Å². The summed E-state index contributed by atoms with van der Waals surface area (Å²) in [5.74, 6) is 3.71. The number of hydrogen-bond donors (Lipinski definition) is 2. The summed E-state index contributed by atoms with van der Waals surface area (Å²) in [6.07, 6.45) is 14.7. The van der Waals surface area contributed by atoms with Crippen LogP contribution in [0, 0.1) is 36.3 Å². The summed E-state index contributed by atoms with van der Waals surface area (Å²) in [5, 5.41) is 14.9. The molecule has 0 saturated carbocycles. The zero-order chi connectivity index (χ0) is 31.7. The summed E-state index contributed by atoms with van der Waals surface area (Å²) in [6, 6.07) is 5.52. The van der Waals surface area contributed by atoms with Crippen molar-refractivity contribution in [2.24, 2.45) is 0 Å². The van der Waals surface area contributed by atoms with Crippen molar-refractivity contribution in [3.05, 3.63) is 47.2 Å². The van der Waals surface area contributed by atoms with E-state index in [9.17, 15) is 13.9 Å². The quantitative estimate of drug-likeness (QED) is 0.310. The molecule has 8 rings (SSSR count). The van der Waals surface area contributed by atoms with E-state index in [2.05, 4.69) is 36.9 Å². The van der Waals surface area contributed by atoms with Crippen molar-refractivity contribution in [3.8, 4) is 47.7 Å². The number of piperazine rings is 1. The largest absolute Gasteiger partial charge is 0.508 e. The number of ether oxygens (including phenoxy) is 1. The lowest BCUT2D eigenvalue weighted by Gasteiger charge is -2.37. The van der Waals surface area contributed by atoms with Crippen LogP contribution in [0.1, 0.15) is 43.4 Å². The third-order valence-corrected chi connectivity index (χ3v) is 10.2. The van der Waals surface area contributed by atoms with Gasteiger partial charge in [-0.25, -0.2) is 18.2 Å². The van der Waals surface area contributed by atoms with E-state index in [0.29, 0.717) is 24.2 Å². The molecule has 4 saturated heterocycles. The molecule has 46 heavy (non-hydrogen) atoms. The van der Waals surface area contributed by atoms with Crippen molar-refractivity contribution in [1.82, 2.24) is 25.2 Å². The maximum atomic E-state index is 17.0. The Morgan fingerprint density at radius 1 is 1.07 bits per heavy atom. The number of halogens is 3. The first-order valence-electron chi connectivity index (χ1n) is 15.6. The highest BCUT2D eigenvalue weighted by Gasteiger charge is 2.49. The van der Waals surface area contributed by atoms with Gasteiger partial charge in [-0.05, 0) is 61.7 Å². The van der Waals surface area contributed by atoms with E-state index in [1.54, 1.807) is 0 Å². The highest BCUT2D eigenvalue weighted by Crippen LogP contribution is 2.43. The van der Waals surface area contributed by atoms with E-state index >= 15 is 4.39 Å². The molecule has 2 aromatic carbocycles. The van der Waals surface area contributed by atoms with Gasteiger partial charge in [0.05, 0.1) is 16.5 Å². The molecule has 0 aliphatic carbocycles. The number of nitrogens with zero attached hydrogens (tertiary/aromatic N) is 5. The molecular weight excluding hydrogens is 593 g/mol. The molecule has 8 nitrogen and oxygen atoms in total. The molecule has 2 bridgehead atoms. The smallest absolute Gasteiger partial charge is 0.319 e. The molecular formula is C35H31F3N6O2. The van der Waals surface area contributed by atoms with Gasteiger partial charge in [0.2, 0.25) is 0 Å². The number of fused-ring (bicyclic) bond motifs is 5. The van der Waals surface area contributed by atoms with E-state index in [1.165, 1.54) is 24.3 Å². The van der Waals surface area contributed by atoms with Crippen LogP contribution in [0.15, 0.2) is 24.3 Å². The molecule has 0 radical (unpaired) electrons. The minimum atomic E-state index is -0.937. The van der Waals surface area contributed by atoms with Crippen LogP contribution in [0.5, 0.6) is 11.8 Å². The first-order valence-corrected chi connectivity index (χ1v) is 15.6. The second-order valence-corrected chi connectivity index (χ2v) is 12.8. The lowest BCUT2D eigenvalue weighted by molar-refractivity contribution is 0.107. The number of terminal acetylenes is 2. The highest BCUT2D eigenvalue weighted by atomic mass is 19.1. The third kappa shape index (κ3) is 4.37. The van der Waals surface area contributed by atoms with Gasteiger partial charge >= 0.3 is 6.01 Å². The van der Waals surface area contributed by atoms with E-state index < -0.39 is 23.3 Å². The Labute approximate surface area is 264 Å². The normalized spacial score (nSPS) is 25.6. The first kappa shape index (κ1) is 28.9. The average Bonchev–Trinajstić information content (AvgIpc) is 3.66. The molecule has 234 valence electrons.